The zero-order valence-corrected chi connectivity index (χ0v) is 19.0. The lowest BCUT2D eigenvalue weighted by Gasteiger charge is -2.14. The summed E-state index contributed by atoms with van der Waals surface area (Å²) in [5.41, 5.74) is 0.269. The molecule has 0 atom stereocenters. The molecule has 0 aliphatic rings. The first-order chi connectivity index (χ1) is 15.2. The lowest BCUT2D eigenvalue weighted by molar-refractivity contribution is -0.0889. The van der Waals surface area contributed by atoms with Crippen LogP contribution in [0.4, 0.5) is 13.2 Å². The summed E-state index contributed by atoms with van der Waals surface area (Å²) in [6.45, 7) is -0.0998. The van der Waals surface area contributed by atoms with Crippen LogP contribution in [0.15, 0.2) is 60.0 Å². The lowest BCUT2D eigenvalue weighted by atomic mass is 10.1. The van der Waals surface area contributed by atoms with Crippen LogP contribution >= 0.6 is 46.1 Å². The Bertz CT molecular complexity index is 1300. The van der Waals surface area contributed by atoms with E-state index in [1.165, 1.54) is 28.0 Å². The minimum absolute atomic E-state index is 0.0764. The molecular weight excluding hydrogens is 504 g/mol. The maximum Gasteiger partial charge on any atom is 0.456 e. The first-order valence-electron chi connectivity index (χ1n) is 9.11. The Morgan fingerprint density at radius 1 is 0.969 bits per heavy atom. The smallest absolute Gasteiger partial charge is 0.316 e. The topological polar surface area (TPSA) is 34.9 Å². The van der Waals surface area contributed by atoms with Crippen molar-refractivity contribution >= 4 is 51.9 Å². The van der Waals surface area contributed by atoms with Crippen molar-refractivity contribution in [2.24, 2.45) is 0 Å². The molecule has 4 rings (SSSR count). The van der Waals surface area contributed by atoms with Crippen molar-refractivity contribution in [2.45, 2.75) is 12.7 Å². The van der Waals surface area contributed by atoms with E-state index in [0.29, 0.717) is 26.0 Å². The molecule has 0 bridgehead atoms. The van der Waals surface area contributed by atoms with E-state index < -0.39 is 17.7 Å². The van der Waals surface area contributed by atoms with E-state index in [0.717, 1.165) is 0 Å². The summed E-state index contributed by atoms with van der Waals surface area (Å²) < 4.78 is 42.2. The number of carbonyl (C=O) groups is 1. The van der Waals surface area contributed by atoms with E-state index in [9.17, 15) is 18.0 Å². The van der Waals surface area contributed by atoms with Crippen LogP contribution in [0.5, 0.6) is 0 Å². The van der Waals surface area contributed by atoms with Gasteiger partial charge in [-0.3, -0.25) is 4.79 Å². The van der Waals surface area contributed by atoms with Crippen LogP contribution in [0.1, 0.15) is 16.1 Å². The Morgan fingerprint density at radius 3 is 2.28 bits per heavy atom. The summed E-state index contributed by atoms with van der Waals surface area (Å²) in [5.74, 6) is -1.84. The highest BCUT2D eigenvalue weighted by atomic mass is 35.5. The molecule has 3 nitrogen and oxygen atoms in total. The first kappa shape index (κ1) is 22.9. The number of imidazole rings is 1. The van der Waals surface area contributed by atoms with Crippen molar-refractivity contribution in [3.05, 3.63) is 86.3 Å². The summed E-state index contributed by atoms with van der Waals surface area (Å²) in [6, 6.07) is 14.5. The molecule has 2 aromatic carbocycles. The van der Waals surface area contributed by atoms with Gasteiger partial charge < -0.3 is 4.57 Å². The molecule has 0 spiro atoms. The SMILES string of the molecule is O=C(c1c(-c2ccccc2)nc(-c2sccc2Cl)n1Cc1ccc(Cl)c(Cl)c1)C(F)(F)F. The van der Waals surface area contributed by atoms with E-state index in [-0.39, 0.29) is 23.1 Å². The Labute approximate surface area is 200 Å². The van der Waals surface area contributed by atoms with Gasteiger partial charge in [0.2, 0.25) is 0 Å². The maximum atomic E-state index is 13.6. The third-order valence-electron chi connectivity index (χ3n) is 4.63. The molecule has 10 heteroatoms. The predicted molar refractivity (Wildman–Crippen MR) is 122 cm³/mol. The van der Waals surface area contributed by atoms with Crippen LogP contribution in [0.2, 0.25) is 15.1 Å². The fraction of sp³-hybridized carbons (Fsp3) is 0.0909. The van der Waals surface area contributed by atoms with E-state index in [1.807, 2.05) is 0 Å². The van der Waals surface area contributed by atoms with Crippen molar-refractivity contribution in [2.75, 3.05) is 0 Å². The molecule has 0 N–H and O–H groups in total. The number of hydrogen-bond acceptors (Lipinski definition) is 3. The molecule has 0 fully saturated rings. The van der Waals surface area contributed by atoms with Crippen LogP contribution in [-0.2, 0) is 6.54 Å². The van der Waals surface area contributed by atoms with E-state index >= 15 is 0 Å². The summed E-state index contributed by atoms with van der Waals surface area (Å²) in [6.07, 6.45) is -5.10. The molecule has 0 aliphatic carbocycles. The van der Waals surface area contributed by atoms with E-state index in [4.69, 9.17) is 34.8 Å². The fourth-order valence-corrected chi connectivity index (χ4v) is 4.67. The van der Waals surface area contributed by atoms with Crippen LogP contribution in [-0.4, -0.2) is 21.5 Å². The Kier molecular flexibility index (Phi) is 6.36. The molecule has 32 heavy (non-hydrogen) atoms. The van der Waals surface area contributed by atoms with Crippen molar-refractivity contribution in [1.82, 2.24) is 9.55 Å². The highest BCUT2D eigenvalue weighted by Crippen LogP contribution is 2.39. The average molecular weight is 516 g/mol. The number of alkyl halides is 3. The fourth-order valence-electron chi connectivity index (χ4n) is 3.22. The van der Waals surface area contributed by atoms with Gasteiger partial charge in [0.1, 0.15) is 11.4 Å². The number of carbonyl (C=O) groups excluding carboxylic acids is 1. The number of thiophene rings is 1. The quantitative estimate of drug-likeness (QED) is 0.252. The third kappa shape index (κ3) is 4.43. The van der Waals surface area contributed by atoms with Crippen molar-refractivity contribution in [1.29, 1.82) is 0 Å². The van der Waals surface area contributed by atoms with Crippen LogP contribution in [0, 0.1) is 0 Å². The average Bonchev–Trinajstić information content (AvgIpc) is 3.33. The molecule has 164 valence electrons. The molecule has 2 aromatic heterocycles. The Balaban J connectivity index is 2.01. The standard InChI is InChI=1S/C22H12Cl3F3N2OS/c23-14-7-6-12(10-16(14)25)11-30-18(20(31)22(26,27)28)17(13-4-2-1-3-5-13)29-21(30)19-15(24)8-9-32-19/h1-10H,11H2. The number of aromatic nitrogens is 2. The van der Waals surface area contributed by atoms with Crippen molar-refractivity contribution in [3.8, 4) is 22.0 Å². The van der Waals surface area contributed by atoms with Crippen molar-refractivity contribution < 1.29 is 18.0 Å². The second kappa shape index (κ2) is 8.90. The highest BCUT2D eigenvalue weighted by molar-refractivity contribution is 7.14. The molecular formula is C22H12Cl3F3N2OS. The second-order valence-corrected chi connectivity index (χ2v) is 8.90. The van der Waals surface area contributed by atoms with Gasteiger partial charge in [0.25, 0.3) is 5.78 Å². The molecule has 4 aromatic rings. The van der Waals surface area contributed by atoms with Gasteiger partial charge in [-0.2, -0.15) is 13.2 Å². The molecule has 2 heterocycles. The monoisotopic (exact) mass is 514 g/mol. The number of benzene rings is 2. The summed E-state index contributed by atoms with van der Waals surface area (Å²) >= 11 is 19.6. The van der Waals surface area contributed by atoms with Crippen molar-refractivity contribution in [3.63, 3.8) is 0 Å². The van der Waals surface area contributed by atoms with Gasteiger partial charge >= 0.3 is 6.18 Å². The molecule has 0 saturated heterocycles. The largest absolute Gasteiger partial charge is 0.456 e. The van der Waals surface area contributed by atoms with Gasteiger partial charge in [-0.1, -0.05) is 71.2 Å². The predicted octanol–water partition coefficient (Wildman–Crippen LogP) is 8.03. The summed E-state index contributed by atoms with van der Waals surface area (Å²) in [4.78, 5) is 17.5. The van der Waals surface area contributed by atoms with Gasteiger partial charge in [-0.25, -0.2) is 4.98 Å². The van der Waals surface area contributed by atoms with Gasteiger partial charge in [0.05, 0.1) is 19.9 Å². The van der Waals surface area contributed by atoms with Crippen LogP contribution in [0.3, 0.4) is 0 Å². The van der Waals surface area contributed by atoms with E-state index in [1.54, 1.807) is 47.8 Å². The summed E-state index contributed by atoms with van der Waals surface area (Å²) in [7, 11) is 0. The van der Waals surface area contributed by atoms with Gasteiger partial charge in [0.15, 0.2) is 5.82 Å². The Hall–Kier alpha value is -2.32. The highest BCUT2D eigenvalue weighted by Gasteiger charge is 2.44. The third-order valence-corrected chi connectivity index (χ3v) is 6.71. The van der Waals surface area contributed by atoms with Gasteiger partial charge in [-0.05, 0) is 29.1 Å². The van der Waals surface area contributed by atoms with Gasteiger partial charge in [0, 0.05) is 12.1 Å². The number of nitrogens with zero attached hydrogens (tertiary/aromatic N) is 2. The number of halogens is 6. The Morgan fingerprint density at radius 2 is 1.69 bits per heavy atom. The molecule has 0 aliphatic heterocycles. The maximum absolute atomic E-state index is 13.6. The molecule has 0 saturated carbocycles. The minimum atomic E-state index is -5.10. The second-order valence-electron chi connectivity index (χ2n) is 6.76. The minimum Gasteiger partial charge on any atom is -0.316 e. The zero-order valence-electron chi connectivity index (χ0n) is 16.0. The first-order valence-corrected chi connectivity index (χ1v) is 11.1. The summed E-state index contributed by atoms with van der Waals surface area (Å²) in [5, 5.41) is 2.57. The zero-order chi connectivity index (χ0) is 23.0. The van der Waals surface area contributed by atoms with Crippen LogP contribution in [0.25, 0.3) is 22.0 Å². The molecule has 0 unspecified atom stereocenters. The number of rotatable bonds is 5. The molecule has 0 radical (unpaired) electrons. The normalized spacial score (nSPS) is 11.7. The molecule has 0 amide bonds. The lowest BCUT2D eigenvalue weighted by Crippen LogP contribution is -2.26. The van der Waals surface area contributed by atoms with Gasteiger partial charge in [-0.15, -0.1) is 11.3 Å². The van der Waals surface area contributed by atoms with E-state index in [2.05, 4.69) is 4.98 Å². The number of ketones is 1. The van der Waals surface area contributed by atoms with Crippen LogP contribution < -0.4 is 0 Å². The number of hydrogen-bond donors (Lipinski definition) is 0. The number of Topliss-reactive ketones (excluding diaryl/α,β-unsaturated/α-hetero) is 1.